The molecule has 0 spiro atoms. The molecule has 0 N–H and O–H groups in total. The van der Waals surface area contributed by atoms with Gasteiger partial charge in [-0.2, -0.15) is 0 Å². The lowest BCUT2D eigenvalue weighted by Crippen LogP contribution is -2.46. The minimum atomic E-state index is -0.516. The van der Waals surface area contributed by atoms with Crippen molar-refractivity contribution in [2.75, 3.05) is 26.3 Å². The quantitative estimate of drug-likeness (QED) is 0.653. The number of morpholine rings is 1. The third kappa shape index (κ3) is 3.84. The van der Waals surface area contributed by atoms with Crippen LogP contribution in [0.15, 0.2) is 52.2 Å². The van der Waals surface area contributed by atoms with Crippen LogP contribution in [0.25, 0.3) is 11.0 Å². The van der Waals surface area contributed by atoms with Crippen molar-refractivity contribution in [3.8, 4) is 0 Å². The number of benzene rings is 1. The van der Waals surface area contributed by atoms with Gasteiger partial charge in [-0.1, -0.05) is 29.8 Å². The maximum Gasteiger partial charge on any atom is 0.332 e. The van der Waals surface area contributed by atoms with E-state index in [2.05, 4.69) is 4.98 Å². The molecule has 1 fully saturated rings. The number of nitrogens with zero attached hydrogens (tertiary/aromatic N) is 4. The van der Waals surface area contributed by atoms with E-state index in [1.54, 1.807) is 17.0 Å². The van der Waals surface area contributed by atoms with Gasteiger partial charge in [-0.15, -0.1) is 0 Å². The Hall–Kier alpha value is -3.26. The Balaban J connectivity index is 1.78. The number of fused-ring (bicyclic) bond motifs is 1. The molecule has 1 saturated heterocycles. The third-order valence-corrected chi connectivity index (χ3v) is 5.11. The molecule has 1 amide bonds. The van der Waals surface area contributed by atoms with Crippen LogP contribution in [-0.2, 0) is 22.6 Å². The van der Waals surface area contributed by atoms with E-state index < -0.39 is 11.2 Å². The van der Waals surface area contributed by atoms with Gasteiger partial charge in [0, 0.05) is 19.3 Å². The fraction of sp³-hybridized carbons (Fsp3) is 0.333. The topological polar surface area (TPSA) is 86.4 Å². The lowest BCUT2D eigenvalue weighted by atomic mass is 10.1. The molecular formula is C21H22N4O4. The first-order chi connectivity index (χ1) is 14.0. The molecule has 0 radical (unpaired) electrons. The van der Waals surface area contributed by atoms with Crippen LogP contribution < -0.4 is 11.2 Å². The summed E-state index contributed by atoms with van der Waals surface area (Å²) in [6.45, 7) is 3.90. The van der Waals surface area contributed by atoms with Crippen molar-refractivity contribution in [2.45, 2.75) is 20.0 Å². The summed E-state index contributed by atoms with van der Waals surface area (Å²) in [6, 6.07) is 10.9. The van der Waals surface area contributed by atoms with Gasteiger partial charge in [-0.05, 0) is 24.6 Å². The summed E-state index contributed by atoms with van der Waals surface area (Å²) in [6.07, 6.45) is 1.51. The van der Waals surface area contributed by atoms with E-state index in [9.17, 15) is 14.4 Å². The Morgan fingerprint density at radius 3 is 2.52 bits per heavy atom. The second-order valence-electron chi connectivity index (χ2n) is 7.11. The normalized spacial score (nSPS) is 14.3. The number of hydrogen-bond acceptors (Lipinski definition) is 5. The first-order valence-electron chi connectivity index (χ1n) is 9.54. The highest BCUT2D eigenvalue weighted by Crippen LogP contribution is 2.08. The molecule has 0 atom stereocenters. The summed E-state index contributed by atoms with van der Waals surface area (Å²) in [5, 5.41) is 0. The Kier molecular flexibility index (Phi) is 5.26. The molecule has 1 aliphatic rings. The molecule has 8 heteroatoms. The largest absolute Gasteiger partial charge is 0.378 e. The monoisotopic (exact) mass is 394 g/mol. The first-order valence-corrected chi connectivity index (χ1v) is 9.54. The molecule has 29 heavy (non-hydrogen) atoms. The molecule has 1 aliphatic heterocycles. The van der Waals surface area contributed by atoms with Gasteiger partial charge < -0.3 is 9.64 Å². The zero-order valence-electron chi connectivity index (χ0n) is 16.2. The van der Waals surface area contributed by atoms with E-state index in [0.29, 0.717) is 31.8 Å². The molecule has 2 aromatic heterocycles. The maximum absolute atomic E-state index is 13.2. The van der Waals surface area contributed by atoms with Gasteiger partial charge >= 0.3 is 5.69 Å². The smallest absolute Gasteiger partial charge is 0.332 e. The van der Waals surface area contributed by atoms with Crippen molar-refractivity contribution < 1.29 is 9.53 Å². The number of aromatic nitrogens is 3. The van der Waals surface area contributed by atoms with Gasteiger partial charge in [0.2, 0.25) is 5.91 Å². The van der Waals surface area contributed by atoms with Crippen LogP contribution in [0.1, 0.15) is 11.1 Å². The van der Waals surface area contributed by atoms with Crippen LogP contribution in [0.4, 0.5) is 0 Å². The second-order valence-corrected chi connectivity index (χ2v) is 7.11. The van der Waals surface area contributed by atoms with Gasteiger partial charge in [0.1, 0.15) is 6.54 Å². The van der Waals surface area contributed by atoms with Gasteiger partial charge in [-0.25, -0.2) is 9.78 Å². The van der Waals surface area contributed by atoms with Crippen molar-refractivity contribution in [2.24, 2.45) is 0 Å². The standard InChI is InChI=1S/C21H22N4O4/c1-15-4-6-16(7-5-15)13-25-20(27)19-17(3-2-8-22-19)24(21(25)28)14-18(26)23-9-11-29-12-10-23/h2-8H,9-14H2,1H3. The average molecular weight is 394 g/mol. The fourth-order valence-corrected chi connectivity index (χ4v) is 3.46. The van der Waals surface area contributed by atoms with Crippen LogP contribution in [0, 0.1) is 6.92 Å². The lowest BCUT2D eigenvalue weighted by molar-refractivity contribution is -0.135. The zero-order chi connectivity index (χ0) is 20.4. The third-order valence-electron chi connectivity index (χ3n) is 5.11. The van der Waals surface area contributed by atoms with Crippen LogP contribution >= 0.6 is 0 Å². The summed E-state index contributed by atoms with van der Waals surface area (Å²) in [5.41, 5.74) is 1.49. The van der Waals surface area contributed by atoms with Gasteiger partial charge in [0.05, 0.1) is 25.3 Å². The summed E-state index contributed by atoms with van der Waals surface area (Å²) < 4.78 is 7.77. The molecule has 0 saturated carbocycles. The van der Waals surface area contributed by atoms with Crippen molar-refractivity contribution in [3.63, 3.8) is 0 Å². The van der Waals surface area contributed by atoms with Gasteiger partial charge in [0.15, 0.2) is 5.52 Å². The molecular weight excluding hydrogens is 372 g/mol. The Bertz CT molecular complexity index is 1160. The SMILES string of the molecule is Cc1ccc(Cn2c(=O)c3ncccc3n(CC(=O)N3CCOCC3)c2=O)cc1. The van der Waals surface area contributed by atoms with Crippen molar-refractivity contribution in [1.82, 2.24) is 19.0 Å². The van der Waals surface area contributed by atoms with Crippen molar-refractivity contribution in [3.05, 3.63) is 74.6 Å². The number of ether oxygens (including phenoxy) is 1. The number of amides is 1. The second kappa shape index (κ2) is 8.00. The zero-order valence-corrected chi connectivity index (χ0v) is 16.2. The van der Waals surface area contributed by atoms with Gasteiger partial charge in [0.25, 0.3) is 5.56 Å². The van der Waals surface area contributed by atoms with Gasteiger partial charge in [-0.3, -0.25) is 18.7 Å². The molecule has 0 unspecified atom stereocenters. The number of rotatable bonds is 4. The molecule has 0 bridgehead atoms. The highest BCUT2D eigenvalue weighted by molar-refractivity contribution is 5.79. The van der Waals surface area contributed by atoms with E-state index in [1.165, 1.54) is 10.8 Å². The molecule has 0 aliphatic carbocycles. The van der Waals surface area contributed by atoms with Crippen molar-refractivity contribution in [1.29, 1.82) is 0 Å². The number of pyridine rings is 1. The maximum atomic E-state index is 13.2. The molecule has 3 heterocycles. The van der Waals surface area contributed by atoms with Crippen LogP contribution in [0.2, 0.25) is 0 Å². The molecule has 1 aromatic carbocycles. The molecule has 3 aromatic rings. The predicted molar refractivity (Wildman–Crippen MR) is 108 cm³/mol. The van der Waals surface area contributed by atoms with E-state index in [4.69, 9.17) is 4.74 Å². The summed E-state index contributed by atoms with van der Waals surface area (Å²) in [7, 11) is 0. The van der Waals surface area contributed by atoms with Crippen LogP contribution in [-0.4, -0.2) is 51.2 Å². The highest BCUT2D eigenvalue weighted by atomic mass is 16.5. The first kappa shape index (κ1) is 19.1. The summed E-state index contributed by atoms with van der Waals surface area (Å²) >= 11 is 0. The van der Waals surface area contributed by atoms with E-state index in [1.807, 2.05) is 31.2 Å². The summed E-state index contributed by atoms with van der Waals surface area (Å²) in [5.74, 6) is -0.180. The Morgan fingerprint density at radius 1 is 1.07 bits per heavy atom. The number of aryl methyl sites for hydroxylation is 1. The molecule has 4 rings (SSSR count). The van der Waals surface area contributed by atoms with Crippen molar-refractivity contribution >= 4 is 16.9 Å². The Labute approximate surface area is 167 Å². The predicted octanol–water partition coefficient (Wildman–Crippen LogP) is 0.774. The van der Waals surface area contributed by atoms with Crippen LogP contribution in [0.3, 0.4) is 0 Å². The van der Waals surface area contributed by atoms with E-state index in [0.717, 1.165) is 15.7 Å². The fourth-order valence-electron chi connectivity index (χ4n) is 3.46. The number of carbonyl (C=O) groups is 1. The van der Waals surface area contributed by atoms with E-state index >= 15 is 0 Å². The lowest BCUT2D eigenvalue weighted by Gasteiger charge is -2.27. The highest BCUT2D eigenvalue weighted by Gasteiger charge is 2.21. The average Bonchev–Trinajstić information content (AvgIpc) is 2.76. The number of hydrogen-bond donors (Lipinski definition) is 0. The molecule has 150 valence electrons. The minimum absolute atomic E-state index is 0.121. The number of carbonyl (C=O) groups excluding carboxylic acids is 1. The summed E-state index contributed by atoms with van der Waals surface area (Å²) in [4.78, 5) is 44.7. The van der Waals surface area contributed by atoms with Crippen LogP contribution in [0.5, 0.6) is 0 Å². The van der Waals surface area contributed by atoms with E-state index in [-0.39, 0.29) is 24.5 Å². The minimum Gasteiger partial charge on any atom is -0.378 e. The molecule has 8 nitrogen and oxygen atoms in total. The Morgan fingerprint density at radius 2 is 1.79 bits per heavy atom.